The highest BCUT2D eigenvalue weighted by Crippen LogP contribution is 2.43. The molecular formula is C23H21N3O6. The van der Waals surface area contributed by atoms with Gasteiger partial charge >= 0.3 is 5.97 Å². The minimum absolute atomic E-state index is 0.0714. The Hall–Kier alpha value is -4.14. The first-order valence-corrected chi connectivity index (χ1v) is 9.83. The second kappa shape index (κ2) is 8.54. The predicted molar refractivity (Wildman–Crippen MR) is 116 cm³/mol. The summed E-state index contributed by atoms with van der Waals surface area (Å²) in [5, 5.41) is 2.80. The van der Waals surface area contributed by atoms with Gasteiger partial charge in [0.25, 0.3) is 5.56 Å². The highest BCUT2D eigenvalue weighted by Gasteiger charge is 2.36. The van der Waals surface area contributed by atoms with Crippen LogP contribution < -0.4 is 20.3 Å². The number of H-pyrrole nitrogens is 1. The van der Waals surface area contributed by atoms with Crippen molar-refractivity contribution in [3.8, 4) is 22.9 Å². The van der Waals surface area contributed by atoms with E-state index >= 15 is 0 Å². The quantitative estimate of drug-likeness (QED) is 0.571. The summed E-state index contributed by atoms with van der Waals surface area (Å²) in [6, 6.07) is 11.7. The number of cyclic esters (lactones) is 1. The summed E-state index contributed by atoms with van der Waals surface area (Å²) in [5.74, 6) is 0.197. The maximum Gasteiger partial charge on any atom is 0.343 e. The molecule has 9 nitrogen and oxygen atoms in total. The minimum atomic E-state index is -0.740. The van der Waals surface area contributed by atoms with Crippen LogP contribution in [0.5, 0.6) is 11.5 Å². The van der Waals surface area contributed by atoms with E-state index in [-0.39, 0.29) is 29.2 Å². The van der Waals surface area contributed by atoms with Gasteiger partial charge in [-0.1, -0.05) is 18.2 Å². The molecule has 32 heavy (non-hydrogen) atoms. The molecule has 1 aromatic heterocycles. The van der Waals surface area contributed by atoms with Crippen LogP contribution in [0.1, 0.15) is 34.1 Å². The van der Waals surface area contributed by atoms with Crippen LogP contribution in [-0.2, 0) is 9.53 Å². The standard InChI is InChI=1S/C23H21N3O6/c1-12-9-18(27)26-22(24-12)13-5-4-6-14(10-13)25-19(28)11-17-15-7-8-16(30-2)21(31-3)20(15)23(29)32-17/h4-10,17H,11H2,1-3H3,(H,25,28)(H,24,26,27). The van der Waals surface area contributed by atoms with E-state index in [1.165, 1.54) is 20.3 Å². The zero-order valence-corrected chi connectivity index (χ0v) is 17.7. The first-order valence-electron chi connectivity index (χ1n) is 9.83. The van der Waals surface area contributed by atoms with Crippen molar-refractivity contribution in [1.29, 1.82) is 0 Å². The molecule has 2 heterocycles. The second-order valence-corrected chi connectivity index (χ2v) is 7.23. The molecule has 2 N–H and O–H groups in total. The molecule has 0 saturated heterocycles. The Morgan fingerprint density at radius 3 is 2.69 bits per heavy atom. The summed E-state index contributed by atoms with van der Waals surface area (Å²) >= 11 is 0. The van der Waals surface area contributed by atoms with Crippen LogP contribution in [0.3, 0.4) is 0 Å². The first kappa shape index (κ1) is 21.1. The van der Waals surface area contributed by atoms with Gasteiger partial charge in [0, 0.05) is 28.6 Å². The molecule has 1 aliphatic heterocycles. The van der Waals surface area contributed by atoms with Crippen LogP contribution in [0, 0.1) is 6.92 Å². The Labute approximate surface area is 183 Å². The summed E-state index contributed by atoms with van der Waals surface area (Å²) in [4.78, 5) is 43.8. The Balaban J connectivity index is 1.52. The minimum Gasteiger partial charge on any atom is -0.493 e. The topological polar surface area (TPSA) is 120 Å². The fourth-order valence-electron chi connectivity index (χ4n) is 3.66. The van der Waals surface area contributed by atoms with Gasteiger partial charge in [-0.3, -0.25) is 9.59 Å². The van der Waals surface area contributed by atoms with Crippen molar-refractivity contribution in [3.05, 3.63) is 69.6 Å². The van der Waals surface area contributed by atoms with Gasteiger partial charge in [0.2, 0.25) is 5.91 Å². The average molecular weight is 435 g/mol. The number of aromatic amines is 1. The number of nitrogens with one attached hydrogen (secondary N) is 2. The van der Waals surface area contributed by atoms with Crippen molar-refractivity contribution in [3.63, 3.8) is 0 Å². The Bertz CT molecular complexity index is 1270. The number of nitrogens with zero attached hydrogens (tertiary/aromatic N) is 1. The molecule has 164 valence electrons. The zero-order valence-electron chi connectivity index (χ0n) is 17.7. The molecule has 0 fully saturated rings. The van der Waals surface area contributed by atoms with Crippen molar-refractivity contribution < 1.29 is 23.8 Å². The Morgan fingerprint density at radius 1 is 1.16 bits per heavy atom. The Morgan fingerprint density at radius 2 is 1.97 bits per heavy atom. The maximum absolute atomic E-state index is 12.7. The second-order valence-electron chi connectivity index (χ2n) is 7.23. The first-order chi connectivity index (χ1) is 15.4. The van der Waals surface area contributed by atoms with Crippen molar-refractivity contribution in [1.82, 2.24) is 9.97 Å². The molecule has 4 rings (SSSR count). The number of amides is 1. The number of carbonyl (C=O) groups excluding carboxylic acids is 2. The van der Waals surface area contributed by atoms with Crippen LogP contribution in [0.4, 0.5) is 5.69 Å². The van der Waals surface area contributed by atoms with E-state index in [0.717, 1.165) is 0 Å². The monoisotopic (exact) mass is 435 g/mol. The lowest BCUT2D eigenvalue weighted by molar-refractivity contribution is -0.118. The zero-order chi connectivity index (χ0) is 22.8. The molecule has 2 aromatic carbocycles. The van der Waals surface area contributed by atoms with Crippen molar-refractivity contribution in [2.75, 3.05) is 19.5 Å². The number of esters is 1. The molecule has 9 heteroatoms. The highest BCUT2D eigenvalue weighted by molar-refractivity contribution is 5.99. The van der Waals surface area contributed by atoms with E-state index < -0.39 is 12.1 Å². The lowest BCUT2D eigenvalue weighted by atomic mass is 10.0. The van der Waals surface area contributed by atoms with E-state index in [4.69, 9.17) is 14.2 Å². The number of rotatable bonds is 6. The largest absolute Gasteiger partial charge is 0.493 e. The van der Waals surface area contributed by atoms with E-state index in [0.29, 0.717) is 34.1 Å². The number of methoxy groups -OCH3 is 2. The molecule has 0 spiro atoms. The van der Waals surface area contributed by atoms with Crippen LogP contribution >= 0.6 is 0 Å². The van der Waals surface area contributed by atoms with E-state index in [1.807, 2.05) is 0 Å². The van der Waals surface area contributed by atoms with Crippen molar-refractivity contribution in [2.45, 2.75) is 19.4 Å². The molecule has 3 aromatic rings. The van der Waals surface area contributed by atoms with Gasteiger partial charge < -0.3 is 24.5 Å². The molecule has 0 aliphatic carbocycles. The number of aryl methyl sites for hydroxylation is 1. The smallest absolute Gasteiger partial charge is 0.343 e. The molecule has 1 unspecified atom stereocenters. The van der Waals surface area contributed by atoms with Crippen molar-refractivity contribution in [2.24, 2.45) is 0 Å². The fourth-order valence-corrected chi connectivity index (χ4v) is 3.66. The number of ether oxygens (including phenoxy) is 3. The van der Waals surface area contributed by atoms with Gasteiger partial charge in [-0.05, 0) is 25.1 Å². The summed E-state index contributed by atoms with van der Waals surface area (Å²) in [5.41, 5.74) is 2.34. The van der Waals surface area contributed by atoms with Gasteiger partial charge in [-0.15, -0.1) is 0 Å². The van der Waals surface area contributed by atoms with Crippen LogP contribution in [0.2, 0.25) is 0 Å². The van der Waals surface area contributed by atoms with Gasteiger partial charge in [0.1, 0.15) is 17.5 Å². The Kier molecular flexibility index (Phi) is 5.63. The number of hydrogen-bond acceptors (Lipinski definition) is 7. The summed E-state index contributed by atoms with van der Waals surface area (Å²) in [7, 11) is 2.92. The SMILES string of the molecule is COc1ccc2c(c1OC)C(=O)OC2CC(=O)Nc1cccc(-c2nc(C)cc(=O)[nH]2)c1. The number of anilines is 1. The molecular weight excluding hydrogens is 414 g/mol. The molecule has 0 saturated carbocycles. The maximum atomic E-state index is 12.7. The predicted octanol–water partition coefficient (Wildman–Crippen LogP) is 3.00. The number of carbonyl (C=O) groups is 2. The molecule has 1 amide bonds. The number of fused-ring (bicyclic) bond motifs is 1. The van der Waals surface area contributed by atoms with Gasteiger partial charge in [-0.2, -0.15) is 0 Å². The number of benzene rings is 2. The third-order valence-electron chi connectivity index (χ3n) is 5.04. The summed E-state index contributed by atoms with van der Waals surface area (Å²) in [6.07, 6.45) is -0.812. The number of aromatic nitrogens is 2. The normalized spacial score (nSPS) is 14.5. The third-order valence-corrected chi connectivity index (χ3v) is 5.04. The highest BCUT2D eigenvalue weighted by atomic mass is 16.6. The summed E-state index contributed by atoms with van der Waals surface area (Å²) in [6.45, 7) is 1.73. The van der Waals surface area contributed by atoms with Gasteiger partial charge in [0.15, 0.2) is 11.5 Å². The molecule has 1 aliphatic rings. The van der Waals surface area contributed by atoms with E-state index in [2.05, 4.69) is 15.3 Å². The number of hydrogen-bond donors (Lipinski definition) is 2. The van der Waals surface area contributed by atoms with Crippen molar-refractivity contribution >= 4 is 17.6 Å². The van der Waals surface area contributed by atoms with Gasteiger partial charge in [-0.25, -0.2) is 9.78 Å². The lowest BCUT2D eigenvalue weighted by Crippen LogP contribution is -2.16. The van der Waals surface area contributed by atoms with Gasteiger partial charge in [0.05, 0.1) is 20.6 Å². The fraction of sp³-hybridized carbons (Fsp3) is 0.217. The lowest BCUT2D eigenvalue weighted by Gasteiger charge is -2.13. The average Bonchev–Trinajstić information content (AvgIpc) is 3.07. The molecule has 0 bridgehead atoms. The molecule has 0 radical (unpaired) electrons. The van der Waals surface area contributed by atoms with E-state index in [9.17, 15) is 14.4 Å². The van der Waals surface area contributed by atoms with Crippen LogP contribution in [0.15, 0.2) is 47.3 Å². The molecule has 1 atom stereocenters. The van der Waals surface area contributed by atoms with E-state index in [1.54, 1.807) is 43.3 Å². The van der Waals surface area contributed by atoms with Crippen LogP contribution in [-0.4, -0.2) is 36.1 Å². The third kappa shape index (κ3) is 4.04. The summed E-state index contributed by atoms with van der Waals surface area (Å²) < 4.78 is 16.0. The van der Waals surface area contributed by atoms with Crippen LogP contribution in [0.25, 0.3) is 11.4 Å².